The number of carbonyl (C=O) groups is 1. The van der Waals surface area contributed by atoms with Crippen LogP contribution in [0.5, 0.6) is 5.75 Å². The summed E-state index contributed by atoms with van der Waals surface area (Å²) in [6.07, 6.45) is 3.01. The summed E-state index contributed by atoms with van der Waals surface area (Å²) in [5.41, 5.74) is 10.1. The third kappa shape index (κ3) is 4.25. The highest BCUT2D eigenvalue weighted by Gasteiger charge is 2.21. The average Bonchev–Trinajstić information content (AvgIpc) is 3.43. The van der Waals surface area contributed by atoms with Gasteiger partial charge < -0.3 is 10.5 Å². The molecule has 1 unspecified atom stereocenters. The number of halogens is 2. The predicted octanol–water partition coefficient (Wildman–Crippen LogP) is 6.69. The van der Waals surface area contributed by atoms with Gasteiger partial charge in [0, 0.05) is 22.8 Å². The molecule has 6 nitrogen and oxygen atoms in total. The van der Waals surface area contributed by atoms with Gasteiger partial charge in [0.1, 0.15) is 33.2 Å². The average molecular weight is 509 g/mol. The number of primary amides is 1. The lowest BCUT2D eigenvalue weighted by Crippen LogP contribution is -2.12. The second kappa shape index (κ2) is 9.10. The Hall–Kier alpha value is -3.39. The van der Waals surface area contributed by atoms with Crippen molar-refractivity contribution >= 4 is 51.5 Å². The van der Waals surface area contributed by atoms with E-state index in [-0.39, 0.29) is 6.10 Å². The fourth-order valence-electron chi connectivity index (χ4n) is 3.75. The Morgan fingerprint density at radius 2 is 1.85 bits per heavy atom. The van der Waals surface area contributed by atoms with Crippen LogP contribution in [-0.2, 0) is 0 Å². The van der Waals surface area contributed by atoms with Crippen LogP contribution in [0.15, 0.2) is 73.2 Å². The molecular weight excluding hydrogens is 491 g/mol. The van der Waals surface area contributed by atoms with Crippen LogP contribution >= 0.6 is 34.5 Å². The molecule has 0 aliphatic heterocycles. The first-order valence-corrected chi connectivity index (χ1v) is 11.9. The topological polar surface area (TPSA) is 83.0 Å². The molecule has 34 heavy (non-hydrogen) atoms. The number of benzene rings is 2. The molecule has 9 heteroatoms. The Balaban J connectivity index is 1.51. The molecule has 3 heterocycles. The van der Waals surface area contributed by atoms with Crippen molar-refractivity contribution in [3.63, 3.8) is 0 Å². The SMILES string of the molecule is CC(Oc1cc(-n2cnc3cc(-c4ccnc(Cl)c4)ccc32)sc1C(N)=O)c1ccccc1Cl. The number of nitrogens with two attached hydrogens (primary N) is 1. The second-order valence-electron chi connectivity index (χ2n) is 7.61. The number of fused-ring (bicyclic) bond motifs is 1. The lowest BCUT2D eigenvalue weighted by Gasteiger charge is -2.16. The summed E-state index contributed by atoms with van der Waals surface area (Å²) in [6, 6.07) is 18.9. The maximum Gasteiger partial charge on any atom is 0.262 e. The molecule has 2 aromatic carbocycles. The van der Waals surface area contributed by atoms with Crippen molar-refractivity contribution in [1.82, 2.24) is 14.5 Å². The minimum atomic E-state index is -0.557. The lowest BCUT2D eigenvalue weighted by atomic mass is 10.1. The van der Waals surface area contributed by atoms with E-state index >= 15 is 0 Å². The number of ether oxygens (including phenoxy) is 1. The number of rotatable bonds is 6. The fourth-order valence-corrected chi connectivity index (χ4v) is 5.14. The molecule has 0 saturated heterocycles. The molecule has 0 fully saturated rings. The van der Waals surface area contributed by atoms with Gasteiger partial charge in [0.15, 0.2) is 0 Å². The third-order valence-corrected chi connectivity index (χ3v) is 7.08. The van der Waals surface area contributed by atoms with Gasteiger partial charge in [-0.25, -0.2) is 9.97 Å². The molecule has 0 spiro atoms. The first-order chi connectivity index (χ1) is 16.4. The van der Waals surface area contributed by atoms with E-state index in [4.69, 9.17) is 33.7 Å². The molecular formula is C25H18Cl2N4O2S. The van der Waals surface area contributed by atoms with Crippen LogP contribution in [0.2, 0.25) is 10.2 Å². The smallest absolute Gasteiger partial charge is 0.262 e. The number of amides is 1. The molecule has 3 aromatic heterocycles. The first-order valence-electron chi connectivity index (χ1n) is 10.3. The Bertz CT molecular complexity index is 1530. The Morgan fingerprint density at radius 1 is 1.06 bits per heavy atom. The molecule has 0 aliphatic rings. The standard InChI is InChI=1S/C25H18Cl2N4O2S/c1-14(17-4-2-3-5-18(17)26)33-21-12-23(34-24(21)25(28)32)31-13-30-19-10-15(6-7-20(19)31)16-8-9-29-22(27)11-16/h2-14H,1H3,(H2,28,32). The number of pyridine rings is 1. The summed E-state index contributed by atoms with van der Waals surface area (Å²) < 4.78 is 8.03. The minimum absolute atomic E-state index is 0.332. The summed E-state index contributed by atoms with van der Waals surface area (Å²) in [7, 11) is 0. The Morgan fingerprint density at radius 3 is 2.62 bits per heavy atom. The molecule has 2 N–H and O–H groups in total. The molecule has 0 bridgehead atoms. The summed E-state index contributed by atoms with van der Waals surface area (Å²) in [4.78, 5) is 21.1. The molecule has 0 saturated carbocycles. The van der Waals surface area contributed by atoms with Crippen LogP contribution in [0.25, 0.3) is 27.2 Å². The highest BCUT2D eigenvalue weighted by Crippen LogP contribution is 2.37. The summed E-state index contributed by atoms with van der Waals surface area (Å²) in [6.45, 7) is 1.88. The summed E-state index contributed by atoms with van der Waals surface area (Å²) in [5.74, 6) is -0.149. The van der Waals surface area contributed by atoms with Crippen molar-refractivity contribution in [2.45, 2.75) is 13.0 Å². The van der Waals surface area contributed by atoms with Gasteiger partial charge >= 0.3 is 0 Å². The molecule has 5 aromatic rings. The molecule has 0 aliphatic carbocycles. The zero-order valence-electron chi connectivity index (χ0n) is 17.9. The first kappa shape index (κ1) is 22.4. The van der Waals surface area contributed by atoms with Crippen LogP contribution in [-0.4, -0.2) is 20.4 Å². The Kier molecular flexibility index (Phi) is 6.00. The van der Waals surface area contributed by atoms with E-state index in [0.29, 0.717) is 20.8 Å². The molecule has 1 amide bonds. The predicted molar refractivity (Wildman–Crippen MR) is 136 cm³/mol. The maximum atomic E-state index is 12.2. The van der Waals surface area contributed by atoms with Gasteiger partial charge in [-0.3, -0.25) is 9.36 Å². The van der Waals surface area contributed by atoms with E-state index in [1.54, 1.807) is 24.7 Å². The van der Waals surface area contributed by atoms with Gasteiger partial charge in [0.05, 0.1) is 11.0 Å². The summed E-state index contributed by atoms with van der Waals surface area (Å²) >= 11 is 13.6. The van der Waals surface area contributed by atoms with Gasteiger partial charge in [-0.2, -0.15) is 0 Å². The van der Waals surface area contributed by atoms with Gasteiger partial charge in [-0.1, -0.05) is 47.5 Å². The van der Waals surface area contributed by atoms with Gasteiger partial charge in [-0.05, 0) is 48.4 Å². The number of carbonyl (C=O) groups excluding carboxylic acids is 1. The summed E-state index contributed by atoms with van der Waals surface area (Å²) in [5, 5.41) is 1.79. The van der Waals surface area contributed by atoms with Crippen molar-refractivity contribution in [1.29, 1.82) is 0 Å². The number of aromatic nitrogens is 3. The van der Waals surface area contributed by atoms with E-state index in [2.05, 4.69) is 9.97 Å². The largest absolute Gasteiger partial charge is 0.484 e. The van der Waals surface area contributed by atoms with E-state index in [1.807, 2.05) is 60.0 Å². The number of hydrogen-bond donors (Lipinski definition) is 1. The van der Waals surface area contributed by atoms with Crippen molar-refractivity contribution < 1.29 is 9.53 Å². The van der Waals surface area contributed by atoms with Crippen LogP contribution in [0.3, 0.4) is 0 Å². The zero-order valence-corrected chi connectivity index (χ0v) is 20.2. The quantitative estimate of drug-likeness (QED) is 0.259. The van der Waals surface area contributed by atoms with Crippen molar-refractivity contribution in [2.75, 3.05) is 0 Å². The molecule has 5 rings (SSSR count). The van der Waals surface area contributed by atoms with Gasteiger partial charge in [0.25, 0.3) is 5.91 Å². The highest BCUT2D eigenvalue weighted by molar-refractivity contribution is 7.16. The number of imidazole rings is 1. The lowest BCUT2D eigenvalue weighted by molar-refractivity contribution is 0.0998. The minimum Gasteiger partial charge on any atom is -0.484 e. The van der Waals surface area contributed by atoms with Crippen LogP contribution in [0, 0.1) is 0 Å². The van der Waals surface area contributed by atoms with Crippen LogP contribution in [0.1, 0.15) is 28.3 Å². The third-order valence-electron chi connectivity index (χ3n) is 5.40. The van der Waals surface area contributed by atoms with Crippen molar-refractivity contribution in [3.8, 4) is 21.9 Å². The van der Waals surface area contributed by atoms with Gasteiger partial charge in [-0.15, -0.1) is 11.3 Å². The van der Waals surface area contributed by atoms with Crippen LogP contribution in [0.4, 0.5) is 0 Å². The number of hydrogen-bond acceptors (Lipinski definition) is 5. The Labute approximate surface area is 209 Å². The van der Waals surface area contributed by atoms with E-state index in [9.17, 15) is 4.79 Å². The van der Waals surface area contributed by atoms with Crippen molar-refractivity contribution in [2.24, 2.45) is 5.73 Å². The van der Waals surface area contributed by atoms with E-state index < -0.39 is 5.91 Å². The van der Waals surface area contributed by atoms with Gasteiger partial charge in [0.2, 0.25) is 0 Å². The highest BCUT2D eigenvalue weighted by atomic mass is 35.5. The number of thiophene rings is 1. The maximum absolute atomic E-state index is 12.2. The second-order valence-corrected chi connectivity index (χ2v) is 9.43. The molecule has 0 radical (unpaired) electrons. The number of nitrogens with zero attached hydrogens (tertiary/aromatic N) is 3. The zero-order chi connectivity index (χ0) is 23.8. The van der Waals surface area contributed by atoms with Crippen LogP contribution < -0.4 is 10.5 Å². The van der Waals surface area contributed by atoms with Crippen molar-refractivity contribution in [3.05, 3.63) is 93.8 Å². The fraction of sp³-hybridized carbons (Fsp3) is 0.0800. The van der Waals surface area contributed by atoms with E-state index in [0.717, 1.165) is 32.7 Å². The van der Waals surface area contributed by atoms with E-state index in [1.165, 1.54) is 11.3 Å². The monoisotopic (exact) mass is 508 g/mol. The molecule has 1 atom stereocenters. The normalized spacial score (nSPS) is 12.1. The molecule has 170 valence electrons.